The summed E-state index contributed by atoms with van der Waals surface area (Å²) in [6.07, 6.45) is 0. The summed E-state index contributed by atoms with van der Waals surface area (Å²) >= 11 is 0. The Morgan fingerprint density at radius 3 is 2.03 bits per heavy atom. The average molecular weight is 477 g/mol. The SMILES string of the molecule is CC(C)(C)C(=O)Oc1ccc(O)c2c1C1c3ccccc3C2(COc2ccccc2)c2ccccc21. The van der Waals surface area contributed by atoms with Crippen LogP contribution in [0.4, 0.5) is 0 Å². The predicted molar refractivity (Wildman–Crippen MR) is 139 cm³/mol. The minimum atomic E-state index is -0.776. The number of hydrogen-bond donors (Lipinski definition) is 1. The first-order chi connectivity index (χ1) is 17.3. The molecule has 36 heavy (non-hydrogen) atoms. The number of phenolic OH excluding ortho intramolecular Hbond substituents is 1. The van der Waals surface area contributed by atoms with Gasteiger partial charge in [-0.3, -0.25) is 4.79 Å². The first kappa shape index (κ1) is 22.4. The highest BCUT2D eigenvalue weighted by atomic mass is 16.5. The molecule has 7 rings (SSSR count). The lowest BCUT2D eigenvalue weighted by atomic mass is 9.53. The van der Waals surface area contributed by atoms with Gasteiger partial charge in [-0.2, -0.15) is 0 Å². The Morgan fingerprint density at radius 2 is 1.42 bits per heavy atom. The van der Waals surface area contributed by atoms with Crippen LogP contribution in [-0.4, -0.2) is 17.7 Å². The van der Waals surface area contributed by atoms with Crippen LogP contribution in [0.3, 0.4) is 0 Å². The summed E-state index contributed by atoms with van der Waals surface area (Å²) in [4.78, 5) is 13.0. The second kappa shape index (κ2) is 7.99. The summed E-state index contributed by atoms with van der Waals surface area (Å²) in [5.41, 5.74) is 4.63. The van der Waals surface area contributed by atoms with E-state index >= 15 is 0 Å². The Kier molecular flexibility index (Phi) is 4.97. The molecule has 0 unspecified atom stereocenters. The standard InChI is InChI=1S/C32H28O4/c1-31(2,3)30(34)36-26-18-17-25(33)29-28(26)27-21-13-7-9-15-23(21)32(29,24-16-10-8-14-22(24)27)19-35-20-11-5-4-6-12-20/h4-18,27,33H,19H2,1-3H3. The minimum absolute atomic E-state index is 0.166. The van der Waals surface area contributed by atoms with Crippen LogP contribution in [0.25, 0.3) is 0 Å². The van der Waals surface area contributed by atoms with E-state index in [4.69, 9.17) is 9.47 Å². The number of carbonyl (C=O) groups excluding carboxylic acids is 1. The molecule has 3 aliphatic carbocycles. The molecular weight excluding hydrogens is 448 g/mol. The van der Waals surface area contributed by atoms with E-state index in [0.717, 1.165) is 39.1 Å². The normalized spacial score (nSPS) is 19.1. The van der Waals surface area contributed by atoms with Crippen molar-refractivity contribution in [1.29, 1.82) is 0 Å². The van der Waals surface area contributed by atoms with Crippen molar-refractivity contribution >= 4 is 5.97 Å². The fourth-order valence-corrected chi connectivity index (χ4v) is 5.77. The summed E-state index contributed by atoms with van der Waals surface area (Å²) in [5.74, 6) is 0.937. The molecule has 4 aromatic carbocycles. The highest BCUT2D eigenvalue weighted by molar-refractivity contribution is 5.81. The van der Waals surface area contributed by atoms with Crippen LogP contribution in [0.1, 0.15) is 60.1 Å². The molecule has 1 N–H and O–H groups in total. The minimum Gasteiger partial charge on any atom is -0.508 e. The fraction of sp³-hybridized carbons (Fsp3) is 0.219. The smallest absolute Gasteiger partial charge is 0.316 e. The lowest BCUT2D eigenvalue weighted by Crippen LogP contribution is -2.46. The fourth-order valence-electron chi connectivity index (χ4n) is 5.77. The third kappa shape index (κ3) is 3.17. The molecule has 0 saturated heterocycles. The number of benzene rings is 4. The molecule has 0 fully saturated rings. The van der Waals surface area contributed by atoms with Gasteiger partial charge in [0.25, 0.3) is 0 Å². The number of carbonyl (C=O) groups is 1. The number of rotatable bonds is 4. The Hall–Kier alpha value is -4.05. The first-order valence-electron chi connectivity index (χ1n) is 12.3. The Balaban J connectivity index is 1.64. The van der Waals surface area contributed by atoms with Gasteiger partial charge in [-0.05, 0) is 67.3 Å². The summed E-state index contributed by atoms with van der Waals surface area (Å²) < 4.78 is 12.5. The van der Waals surface area contributed by atoms with Crippen LogP contribution < -0.4 is 9.47 Å². The maximum absolute atomic E-state index is 13.0. The van der Waals surface area contributed by atoms with Gasteiger partial charge in [0, 0.05) is 17.0 Å². The summed E-state index contributed by atoms with van der Waals surface area (Å²) in [6.45, 7) is 5.81. The van der Waals surface area contributed by atoms with Crippen molar-refractivity contribution in [2.45, 2.75) is 32.1 Å². The number of esters is 1. The number of aromatic hydroxyl groups is 1. The van der Waals surface area contributed by atoms with E-state index in [2.05, 4.69) is 24.3 Å². The number of ether oxygens (including phenoxy) is 2. The Bertz CT molecular complexity index is 1430. The van der Waals surface area contributed by atoms with Crippen LogP contribution in [0.5, 0.6) is 17.2 Å². The third-order valence-electron chi connectivity index (χ3n) is 7.38. The van der Waals surface area contributed by atoms with Crippen LogP contribution in [-0.2, 0) is 10.2 Å². The van der Waals surface area contributed by atoms with Gasteiger partial charge in [-0.15, -0.1) is 0 Å². The van der Waals surface area contributed by atoms with Crippen molar-refractivity contribution in [3.8, 4) is 17.2 Å². The molecule has 0 saturated carbocycles. The van der Waals surface area contributed by atoms with E-state index in [1.807, 2.05) is 75.4 Å². The molecule has 4 nitrogen and oxygen atoms in total. The third-order valence-corrected chi connectivity index (χ3v) is 7.38. The molecule has 0 heterocycles. The number of hydrogen-bond acceptors (Lipinski definition) is 4. The zero-order valence-corrected chi connectivity index (χ0v) is 20.6. The second-order valence-electron chi connectivity index (χ2n) is 10.6. The van der Waals surface area contributed by atoms with E-state index in [-0.39, 0.29) is 24.2 Å². The molecule has 0 aliphatic heterocycles. The molecular formula is C32H28O4. The van der Waals surface area contributed by atoms with Gasteiger partial charge >= 0.3 is 5.97 Å². The van der Waals surface area contributed by atoms with Crippen molar-refractivity contribution in [1.82, 2.24) is 0 Å². The Labute approximate surface area is 211 Å². The zero-order valence-electron chi connectivity index (χ0n) is 20.6. The van der Waals surface area contributed by atoms with Crippen LogP contribution in [0, 0.1) is 5.41 Å². The van der Waals surface area contributed by atoms with Gasteiger partial charge in [-0.1, -0.05) is 66.7 Å². The van der Waals surface area contributed by atoms with Gasteiger partial charge in [0.1, 0.15) is 23.9 Å². The van der Waals surface area contributed by atoms with Crippen molar-refractivity contribution in [3.05, 3.63) is 124 Å². The lowest BCUT2D eigenvalue weighted by Gasteiger charge is -2.50. The lowest BCUT2D eigenvalue weighted by molar-refractivity contribution is -0.143. The number of para-hydroxylation sites is 1. The molecule has 0 aromatic heterocycles. The maximum atomic E-state index is 13.0. The summed E-state index contributed by atoms with van der Waals surface area (Å²) in [6, 6.07) is 29.7. The average Bonchev–Trinajstić information content (AvgIpc) is 2.89. The molecule has 0 spiro atoms. The molecule has 3 aliphatic rings. The van der Waals surface area contributed by atoms with Gasteiger partial charge in [0.15, 0.2) is 0 Å². The van der Waals surface area contributed by atoms with E-state index in [9.17, 15) is 9.90 Å². The van der Waals surface area contributed by atoms with Gasteiger partial charge in [0.05, 0.1) is 10.8 Å². The van der Waals surface area contributed by atoms with Crippen molar-refractivity contribution in [2.24, 2.45) is 5.41 Å². The zero-order chi connectivity index (χ0) is 25.1. The van der Waals surface area contributed by atoms with Crippen LogP contribution in [0.2, 0.25) is 0 Å². The van der Waals surface area contributed by atoms with Crippen molar-refractivity contribution < 1.29 is 19.4 Å². The maximum Gasteiger partial charge on any atom is 0.316 e. The Morgan fingerprint density at radius 1 is 0.833 bits per heavy atom. The molecule has 4 aromatic rings. The second-order valence-corrected chi connectivity index (χ2v) is 10.6. The highest BCUT2D eigenvalue weighted by Crippen LogP contribution is 2.63. The molecule has 180 valence electrons. The predicted octanol–water partition coefficient (Wildman–Crippen LogP) is 6.56. The van der Waals surface area contributed by atoms with E-state index < -0.39 is 10.8 Å². The van der Waals surface area contributed by atoms with Crippen LogP contribution in [0.15, 0.2) is 91.0 Å². The largest absolute Gasteiger partial charge is 0.508 e. The van der Waals surface area contributed by atoms with E-state index in [1.165, 1.54) is 0 Å². The molecule has 0 amide bonds. The van der Waals surface area contributed by atoms with Gasteiger partial charge < -0.3 is 14.6 Å². The first-order valence-corrected chi connectivity index (χ1v) is 12.3. The molecule has 0 radical (unpaired) electrons. The molecule has 0 atom stereocenters. The summed E-state index contributed by atoms with van der Waals surface area (Å²) in [7, 11) is 0. The van der Waals surface area contributed by atoms with Gasteiger partial charge in [-0.25, -0.2) is 0 Å². The van der Waals surface area contributed by atoms with E-state index in [1.54, 1.807) is 12.1 Å². The monoisotopic (exact) mass is 476 g/mol. The summed E-state index contributed by atoms with van der Waals surface area (Å²) in [5, 5.41) is 11.4. The highest BCUT2D eigenvalue weighted by Gasteiger charge is 2.55. The van der Waals surface area contributed by atoms with E-state index in [0.29, 0.717) is 5.75 Å². The molecule has 2 bridgehead atoms. The molecule has 4 heteroatoms. The van der Waals surface area contributed by atoms with Gasteiger partial charge in [0.2, 0.25) is 0 Å². The number of phenols is 1. The van der Waals surface area contributed by atoms with Crippen molar-refractivity contribution in [2.75, 3.05) is 6.61 Å². The topological polar surface area (TPSA) is 55.8 Å². The van der Waals surface area contributed by atoms with Crippen molar-refractivity contribution in [3.63, 3.8) is 0 Å². The quantitative estimate of drug-likeness (QED) is 0.268. The van der Waals surface area contributed by atoms with Crippen LogP contribution >= 0.6 is 0 Å².